The molecule has 8 aromatic carbocycles. The average Bonchev–Trinajstić information content (AvgIpc) is 0.778. The minimum atomic E-state index is -4.44. The number of nitrogens with one attached hydrogen (secondary N) is 4. The van der Waals surface area contributed by atoms with Crippen molar-refractivity contribution in [3.05, 3.63) is 216 Å². The highest BCUT2D eigenvalue weighted by Crippen LogP contribution is 2.35. The van der Waals surface area contributed by atoms with Gasteiger partial charge in [0, 0.05) is 118 Å². The molecule has 44 nitrogen and oxygen atoms in total. The van der Waals surface area contributed by atoms with Gasteiger partial charge in [0.25, 0.3) is 23.6 Å². The third-order valence-corrected chi connectivity index (χ3v) is 28.8. The molecule has 0 spiro atoms. The van der Waals surface area contributed by atoms with Crippen LogP contribution < -0.4 is 40.9 Å². The van der Waals surface area contributed by atoms with Crippen molar-refractivity contribution in [2.45, 2.75) is 43.7 Å². The minimum Gasteiger partial charge on any atom is -0.457 e. The van der Waals surface area contributed by atoms with Crippen molar-refractivity contribution in [2.24, 2.45) is 0 Å². The van der Waals surface area contributed by atoms with E-state index in [1.165, 1.54) is 174 Å². The van der Waals surface area contributed by atoms with E-state index in [1.54, 1.807) is 17.0 Å². The van der Waals surface area contributed by atoms with Crippen LogP contribution in [0.3, 0.4) is 0 Å². The molecule has 5 aliphatic heterocycles. The van der Waals surface area contributed by atoms with E-state index >= 15 is 0 Å². The maximum absolute atomic E-state index is 14.7. The molecular formula is C85H95ClF5N13O31S4. The number of methoxy groups -OCH3 is 3. The quantitative estimate of drug-likeness (QED) is 0.00786. The first-order chi connectivity index (χ1) is 66.4. The first-order valence-electron chi connectivity index (χ1n) is 41.6. The predicted octanol–water partition coefficient (Wildman–Crippen LogP) is 6.79. The van der Waals surface area contributed by atoms with Crippen LogP contribution >= 0.6 is 11.6 Å². The predicted molar refractivity (Wildman–Crippen MR) is 471 cm³/mol. The Balaban J connectivity index is 0.000000191. The molecule has 752 valence electrons. The van der Waals surface area contributed by atoms with Crippen molar-refractivity contribution in [1.82, 2.24) is 63.6 Å². The Morgan fingerprint density at radius 3 is 0.863 bits per heavy atom. The van der Waals surface area contributed by atoms with E-state index in [9.17, 15) is 99.2 Å². The van der Waals surface area contributed by atoms with Gasteiger partial charge in [-0.25, -0.2) is 96.7 Å². The maximum Gasteiger partial charge on any atom is 0.409 e. The van der Waals surface area contributed by atoms with Crippen molar-refractivity contribution in [3.63, 3.8) is 0 Å². The lowest BCUT2D eigenvalue weighted by molar-refractivity contribution is -0.135. The van der Waals surface area contributed by atoms with Crippen LogP contribution in [0.1, 0.15) is 0 Å². The first-order valence-corrected chi connectivity index (χ1v) is 47.7. The minimum absolute atomic E-state index is 0.00293. The summed E-state index contributed by atoms with van der Waals surface area (Å²) < 4.78 is 235. The molecule has 0 aliphatic carbocycles. The number of carbonyl (C=O) groups excluding carboxylic acids is 8. The molecule has 0 bridgehead atoms. The number of sulfonamides is 4. The van der Waals surface area contributed by atoms with E-state index in [-0.39, 0.29) is 144 Å². The summed E-state index contributed by atoms with van der Waals surface area (Å²) in [6, 6.07) is 32.5. The number of piperazine rings is 4. The molecule has 13 rings (SSSR count). The second-order valence-corrected chi connectivity index (χ2v) is 37.8. The Labute approximate surface area is 797 Å². The van der Waals surface area contributed by atoms with Crippen molar-refractivity contribution in [3.8, 4) is 46.0 Å². The lowest BCUT2D eigenvalue weighted by Gasteiger charge is -2.41. The van der Waals surface area contributed by atoms with Gasteiger partial charge >= 0.3 is 24.3 Å². The fourth-order valence-corrected chi connectivity index (χ4v) is 20.2. The van der Waals surface area contributed by atoms with Crippen molar-refractivity contribution in [2.75, 3.05) is 166 Å². The first kappa shape index (κ1) is 108. The van der Waals surface area contributed by atoms with E-state index < -0.39 is 158 Å². The highest BCUT2D eigenvalue weighted by atomic mass is 35.5. The second-order valence-electron chi connectivity index (χ2n) is 29.8. The van der Waals surface area contributed by atoms with Gasteiger partial charge in [0.2, 0.25) is 40.1 Å². The molecule has 139 heavy (non-hydrogen) atoms. The number of carbonyl (C=O) groups is 8. The molecule has 5 fully saturated rings. The zero-order chi connectivity index (χ0) is 101. The molecule has 9 amide bonds. The van der Waals surface area contributed by atoms with E-state index in [4.69, 9.17) is 79.3 Å². The van der Waals surface area contributed by atoms with Crippen LogP contribution in [0.4, 0.5) is 41.1 Å². The van der Waals surface area contributed by atoms with Crippen molar-refractivity contribution in [1.29, 1.82) is 0 Å². The van der Waals surface area contributed by atoms with E-state index in [0.717, 1.165) is 69.5 Å². The summed E-state index contributed by atoms with van der Waals surface area (Å²) in [6.07, 6.45) is -2.29. The molecule has 8 N–H and O–H groups in total. The third kappa shape index (κ3) is 28.9. The van der Waals surface area contributed by atoms with Crippen LogP contribution in [0.5, 0.6) is 46.0 Å². The molecule has 54 heteroatoms. The zero-order valence-electron chi connectivity index (χ0n) is 73.9. The second kappa shape index (κ2) is 50.7. The number of rotatable bonds is 29. The van der Waals surface area contributed by atoms with Gasteiger partial charge in [-0.05, 0) is 182 Å². The normalized spacial score (nSPS) is 17.3. The summed E-state index contributed by atoms with van der Waals surface area (Å²) in [5.74, 6) is -6.09. The highest BCUT2D eigenvalue weighted by Gasteiger charge is 2.47. The molecule has 0 saturated carbocycles. The number of halogens is 6. The number of morpholine rings is 1. The maximum atomic E-state index is 14.7. The van der Waals surface area contributed by atoms with Gasteiger partial charge in [-0.2, -0.15) is 17.2 Å². The summed E-state index contributed by atoms with van der Waals surface area (Å²) >= 11 is 5.81. The van der Waals surface area contributed by atoms with Crippen LogP contribution in [0.2, 0.25) is 5.02 Å². The lowest BCUT2D eigenvalue weighted by atomic mass is 10.2. The van der Waals surface area contributed by atoms with Gasteiger partial charge < -0.3 is 76.6 Å². The Morgan fingerprint density at radius 2 is 0.583 bits per heavy atom. The zero-order valence-corrected chi connectivity index (χ0v) is 77.9. The van der Waals surface area contributed by atoms with Gasteiger partial charge in [-0.1, -0.05) is 11.6 Å². The van der Waals surface area contributed by atoms with Crippen LogP contribution in [-0.2, 0) is 92.4 Å². The fourth-order valence-electron chi connectivity index (χ4n) is 13.8. The van der Waals surface area contributed by atoms with Crippen LogP contribution in [-0.4, -0.2) is 334 Å². The number of ether oxygens (including phenoxy) is 11. The molecule has 5 saturated heterocycles. The Hall–Kier alpha value is -12.8. The summed E-state index contributed by atoms with van der Waals surface area (Å²) in [4.78, 5) is 104. The summed E-state index contributed by atoms with van der Waals surface area (Å²) in [5.41, 5.74) is 5.75. The Morgan fingerprint density at radius 1 is 0.331 bits per heavy atom. The molecule has 4 atom stereocenters. The molecular weight excluding hydrogens is 1960 g/mol. The van der Waals surface area contributed by atoms with Crippen LogP contribution in [0.25, 0.3) is 0 Å². The van der Waals surface area contributed by atoms with E-state index in [0.29, 0.717) is 60.4 Å². The average molecular weight is 2050 g/mol. The molecule has 0 aromatic heterocycles. The van der Waals surface area contributed by atoms with Gasteiger partial charge in [-0.15, -0.1) is 0 Å². The summed E-state index contributed by atoms with van der Waals surface area (Å²) in [5, 5.41) is 37.0. The lowest BCUT2D eigenvalue weighted by Crippen LogP contribution is -2.63. The number of nitrogens with zero attached hydrogens (tertiary/aromatic N) is 9. The monoisotopic (exact) mass is 2050 g/mol. The smallest absolute Gasteiger partial charge is 0.409 e. The van der Waals surface area contributed by atoms with E-state index in [2.05, 4.69) is 0 Å². The third-order valence-electron chi connectivity index (χ3n) is 20.9. The van der Waals surface area contributed by atoms with Gasteiger partial charge in [0.15, 0.2) is 23.1 Å². The van der Waals surface area contributed by atoms with E-state index in [1.807, 2.05) is 0 Å². The van der Waals surface area contributed by atoms with Gasteiger partial charge in [-0.3, -0.25) is 40.0 Å². The van der Waals surface area contributed by atoms with Gasteiger partial charge in [0.1, 0.15) is 95.9 Å². The van der Waals surface area contributed by atoms with Crippen LogP contribution in [0.15, 0.2) is 202 Å². The van der Waals surface area contributed by atoms with Crippen LogP contribution in [0, 0.1) is 29.1 Å². The topological polar surface area (TPSA) is 533 Å². The number of amides is 9. The standard InChI is InChI=1S/C22H25FN4O7S.C21H23ClFN3O8S.C21H23F2N3O8S.C21H24FN3O8S/c23-16-1-3-17(4-2-16)34-18-5-7-19(8-6-18)35(31,32)27-10-9-26(15-20(27)21(28)24-30)22(29)25-11-13-33-14-12-25;2*1-32-10-11-33-21(28)25-8-9-26(18(13-25)20(27)24-29)35(30,31)16-6-7-19(17(23)12-16)34-15-4-2-14(22)3-5-15;1-31-12-13-32-21(27)24-10-11-25(19(14-24)20(26)23-28)34(29,30)18-8-6-17(7-9-18)33-16-4-2-15(22)3-5-16/h1-8,20,30H,9-15H2,(H,24,28);2*2-7,12,18,29H,8-11,13H2,1H3,(H,24,27);2-9,19,28H,10-14H2,1H3,(H,23,26)/t20-;2*18-;19-/m1111/s1. The van der Waals surface area contributed by atoms with Crippen molar-refractivity contribution >= 4 is 99.6 Å². The molecule has 0 unspecified atom stereocenters. The summed E-state index contributed by atoms with van der Waals surface area (Å²) in [6.45, 7) is -0.431. The number of benzene rings is 8. The Bertz CT molecular complexity index is 5860. The highest BCUT2D eigenvalue weighted by molar-refractivity contribution is 7.90. The number of hydroxylamine groups is 4. The number of hydrogen-bond acceptors (Lipinski definition) is 31. The molecule has 8 aromatic rings. The molecule has 5 aliphatic rings. The number of hydrogen-bond donors (Lipinski definition) is 8. The largest absolute Gasteiger partial charge is 0.457 e. The SMILES string of the molecule is COCCOC(=O)N1CCN(S(=O)(=O)c2ccc(Oc3ccc(Cl)cc3)c(F)c2)[C@@H](C(=O)NO)C1.COCCOC(=O)N1CCN(S(=O)(=O)c2ccc(Oc3ccc(F)cc3)c(F)c2)[C@@H](C(=O)NO)C1.COCCOC(=O)N1CCN(S(=O)(=O)c2ccc(Oc3ccc(F)cc3)cc2)[C@@H](C(=O)NO)C1.O=C(NO)[C@H]1CN(C(=O)N2CCOCC2)CCN1S(=O)(=O)c1ccc(Oc2ccc(F)cc2)cc1. The number of urea groups is 1. The molecule has 5 heterocycles. The Kier molecular flexibility index (Phi) is 39.4. The van der Waals surface area contributed by atoms with Gasteiger partial charge in [0.05, 0.1) is 52.6 Å². The fraction of sp³-hybridized carbons (Fsp3) is 0.341. The van der Waals surface area contributed by atoms with Crippen molar-refractivity contribution < 1.29 is 167 Å². The molecule has 0 radical (unpaired) electrons. The summed E-state index contributed by atoms with van der Waals surface area (Å²) in [7, 11) is -12.9.